The minimum Gasteiger partial charge on any atom is -0.495 e. The second-order valence-corrected chi connectivity index (χ2v) is 7.56. The molecule has 0 heterocycles. The van der Waals surface area contributed by atoms with E-state index in [1.165, 1.54) is 7.11 Å². The summed E-state index contributed by atoms with van der Waals surface area (Å²) in [6, 6.07) is 9.08. The van der Waals surface area contributed by atoms with Crippen molar-refractivity contribution in [3.63, 3.8) is 0 Å². The highest BCUT2D eigenvalue weighted by Crippen LogP contribution is 2.32. The zero-order chi connectivity index (χ0) is 20.4. The van der Waals surface area contributed by atoms with Crippen LogP contribution in [0.25, 0.3) is 0 Å². The third-order valence-corrected chi connectivity index (χ3v) is 4.90. The second-order valence-electron chi connectivity index (χ2n) is 7.15. The van der Waals surface area contributed by atoms with Crippen LogP contribution < -0.4 is 15.4 Å². The number of ether oxygens (including phenoxy) is 1. The number of carbonyl (C=O) groups is 2. The van der Waals surface area contributed by atoms with Crippen molar-refractivity contribution in [1.29, 1.82) is 0 Å². The number of carbonyl (C=O) groups excluding carboxylic acids is 2. The van der Waals surface area contributed by atoms with E-state index in [1.54, 1.807) is 26.0 Å². The molecule has 2 amide bonds. The average molecular weight is 389 g/mol. The Morgan fingerprint density at radius 3 is 2.07 bits per heavy atom. The predicted molar refractivity (Wildman–Crippen MR) is 110 cm³/mol. The van der Waals surface area contributed by atoms with Gasteiger partial charge in [-0.1, -0.05) is 29.3 Å². The maximum atomic E-state index is 12.8. The number of benzene rings is 2. The Kier molecular flexibility index (Phi) is 6.16. The Bertz CT molecular complexity index is 891. The number of hydrogen-bond donors (Lipinski definition) is 2. The van der Waals surface area contributed by atoms with Crippen LogP contribution in [-0.2, 0) is 9.59 Å². The van der Waals surface area contributed by atoms with Crippen LogP contribution in [0.4, 0.5) is 11.4 Å². The number of aryl methyl sites for hydroxylation is 3. The van der Waals surface area contributed by atoms with Gasteiger partial charge in [-0.05, 0) is 57.9 Å². The molecule has 0 spiro atoms. The SMILES string of the molecule is COc1cc(Cl)c(C)cc1NC(=O)C(C)(C)C(=O)Nc1ccc(C)cc1C. The second kappa shape index (κ2) is 8.01. The molecule has 0 radical (unpaired) electrons. The predicted octanol–water partition coefficient (Wildman–Crippen LogP) is 4.88. The van der Waals surface area contributed by atoms with Crippen LogP contribution in [0.5, 0.6) is 5.75 Å². The molecule has 144 valence electrons. The van der Waals surface area contributed by atoms with E-state index >= 15 is 0 Å². The van der Waals surface area contributed by atoms with Crippen LogP contribution in [-0.4, -0.2) is 18.9 Å². The van der Waals surface area contributed by atoms with E-state index < -0.39 is 17.2 Å². The first-order valence-corrected chi connectivity index (χ1v) is 8.98. The molecule has 0 fully saturated rings. The molecule has 5 nitrogen and oxygen atoms in total. The molecule has 0 bridgehead atoms. The molecule has 0 unspecified atom stereocenters. The summed E-state index contributed by atoms with van der Waals surface area (Å²) < 4.78 is 5.28. The van der Waals surface area contributed by atoms with E-state index in [4.69, 9.17) is 16.3 Å². The molecule has 0 aromatic heterocycles. The monoisotopic (exact) mass is 388 g/mol. The highest BCUT2D eigenvalue weighted by Gasteiger charge is 2.36. The van der Waals surface area contributed by atoms with E-state index in [9.17, 15) is 9.59 Å². The lowest BCUT2D eigenvalue weighted by Crippen LogP contribution is -2.41. The molecule has 2 aromatic rings. The number of methoxy groups -OCH3 is 1. The Hall–Kier alpha value is -2.53. The molecule has 2 rings (SSSR count). The van der Waals surface area contributed by atoms with Crippen LogP contribution in [0.1, 0.15) is 30.5 Å². The third kappa shape index (κ3) is 4.61. The fraction of sp³-hybridized carbons (Fsp3) is 0.333. The van der Waals surface area contributed by atoms with Gasteiger partial charge in [0.25, 0.3) is 0 Å². The van der Waals surface area contributed by atoms with Gasteiger partial charge in [-0.2, -0.15) is 0 Å². The number of rotatable bonds is 5. The molecular formula is C21H25ClN2O3. The normalized spacial score (nSPS) is 11.1. The van der Waals surface area contributed by atoms with Crippen molar-refractivity contribution in [3.05, 3.63) is 52.0 Å². The Morgan fingerprint density at radius 1 is 0.926 bits per heavy atom. The van der Waals surface area contributed by atoms with Gasteiger partial charge in [0.05, 0.1) is 12.8 Å². The molecule has 6 heteroatoms. The maximum absolute atomic E-state index is 12.8. The van der Waals surface area contributed by atoms with Gasteiger partial charge in [-0.15, -0.1) is 0 Å². The van der Waals surface area contributed by atoms with Crippen molar-refractivity contribution in [3.8, 4) is 5.75 Å². The third-order valence-electron chi connectivity index (χ3n) is 4.49. The molecule has 0 aliphatic rings. The first-order valence-electron chi connectivity index (χ1n) is 8.60. The van der Waals surface area contributed by atoms with E-state index in [1.807, 2.05) is 39.0 Å². The van der Waals surface area contributed by atoms with Crippen LogP contribution in [0, 0.1) is 26.2 Å². The van der Waals surface area contributed by atoms with Crippen molar-refractivity contribution in [2.24, 2.45) is 5.41 Å². The van der Waals surface area contributed by atoms with Crippen LogP contribution in [0.2, 0.25) is 5.02 Å². The van der Waals surface area contributed by atoms with E-state index in [2.05, 4.69) is 10.6 Å². The number of halogens is 1. The molecule has 0 saturated carbocycles. The van der Waals surface area contributed by atoms with E-state index in [-0.39, 0.29) is 0 Å². The van der Waals surface area contributed by atoms with Crippen molar-refractivity contribution in [2.45, 2.75) is 34.6 Å². The zero-order valence-electron chi connectivity index (χ0n) is 16.5. The summed E-state index contributed by atoms with van der Waals surface area (Å²) in [4.78, 5) is 25.6. The quantitative estimate of drug-likeness (QED) is 0.717. The summed E-state index contributed by atoms with van der Waals surface area (Å²) in [5.41, 5.74) is 2.70. The van der Waals surface area contributed by atoms with Crippen molar-refractivity contribution >= 4 is 34.8 Å². The number of nitrogens with one attached hydrogen (secondary N) is 2. The maximum Gasteiger partial charge on any atom is 0.239 e. The highest BCUT2D eigenvalue weighted by molar-refractivity contribution is 6.31. The van der Waals surface area contributed by atoms with Crippen molar-refractivity contribution in [2.75, 3.05) is 17.7 Å². The number of amides is 2. The molecule has 2 aromatic carbocycles. The van der Waals surface area contributed by atoms with Gasteiger partial charge in [0.1, 0.15) is 11.2 Å². The highest BCUT2D eigenvalue weighted by atomic mass is 35.5. The first-order chi connectivity index (χ1) is 12.6. The van der Waals surface area contributed by atoms with Gasteiger partial charge < -0.3 is 15.4 Å². The lowest BCUT2D eigenvalue weighted by Gasteiger charge is -2.24. The Balaban J connectivity index is 2.21. The molecule has 0 aliphatic heterocycles. The van der Waals surface area contributed by atoms with E-state index in [0.717, 1.165) is 16.7 Å². The topological polar surface area (TPSA) is 67.4 Å². The largest absolute Gasteiger partial charge is 0.495 e. The summed E-state index contributed by atoms with van der Waals surface area (Å²) in [5, 5.41) is 6.16. The standard InChI is InChI=1S/C21H25ClN2O3/c1-12-7-8-16(14(3)9-12)23-19(25)21(4,5)20(26)24-17-10-13(2)15(22)11-18(17)27-6/h7-11H,1-6H3,(H,23,25)(H,24,26). The minimum atomic E-state index is -1.30. The minimum absolute atomic E-state index is 0.392. The molecule has 2 N–H and O–H groups in total. The average Bonchev–Trinajstić information content (AvgIpc) is 2.60. The molecular weight excluding hydrogens is 364 g/mol. The first kappa shape index (κ1) is 20.8. The Labute approximate surface area is 165 Å². The molecule has 0 saturated heterocycles. The fourth-order valence-corrected chi connectivity index (χ4v) is 2.70. The lowest BCUT2D eigenvalue weighted by molar-refractivity contribution is -0.135. The van der Waals surface area contributed by atoms with Crippen LogP contribution >= 0.6 is 11.6 Å². The van der Waals surface area contributed by atoms with Gasteiger partial charge in [-0.25, -0.2) is 0 Å². The summed E-state index contributed by atoms with van der Waals surface area (Å²) >= 11 is 6.10. The Morgan fingerprint density at radius 2 is 1.52 bits per heavy atom. The molecule has 0 aliphatic carbocycles. The number of hydrogen-bond acceptors (Lipinski definition) is 3. The van der Waals surface area contributed by atoms with Gasteiger partial charge in [0.2, 0.25) is 11.8 Å². The van der Waals surface area contributed by atoms with Gasteiger partial charge in [-0.3, -0.25) is 9.59 Å². The fourth-order valence-electron chi connectivity index (χ4n) is 2.54. The van der Waals surface area contributed by atoms with Crippen LogP contribution in [0.3, 0.4) is 0 Å². The lowest BCUT2D eigenvalue weighted by atomic mass is 9.90. The van der Waals surface area contributed by atoms with Gasteiger partial charge in [0.15, 0.2) is 0 Å². The summed E-state index contributed by atoms with van der Waals surface area (Å²) in [7, 11) is 1.49. The van der Waals surface area contributed by atoms with Crippen molar-refractivity contribution in [1.82, 2.24) is 0 Å². The van der Waals surface area contributed by atoms with E-state index in [0.29, 0.717) is 22.1 Å². The van der Waals surface area contributed by atoms with Gasteiger partial charge in [0, 0.05) is 16.8 Å². The number of anilines is 2. The molecule has 27 heavy (non-hydrogen) atoms. The molecule has 0 atom stereocenters. The summed E-state index contributed by atoms with van der Waals surface area (Å²) in [6.45, 7) is 8.89. The van der Waals surface area contributed by atoms with Crippen LogP contribution in [0.15, 0.2) is 30.3 Å². The smallest absolute Gasteiger partial charge is 0.239 e. The zero-order valence-corrected chi connectivity index (χ0v) is 17.2. The summed E-state index contributed by atoms with van der Waals surface area (Å²) in [6.07, 6.45) is 0. The summed E-state index contributed by atoms with van der Waals surface area (Å²) in [5.74, 6) is -0.397. The van der Waals surface area contributed by atoms with Gasteiger partial charge >= 0.3 is 0 Å². The van der Waals surface area contributed by atoms with Crippen molar-refractivity contribution < 1.29 is 14.3 Å².